The van der Waals surface area contributed by atoms with Crippen LogP contribution in [0.2, 0.25) is 0 Å². The third-order valence-electron chi connectivity index (χ3n) is 5.31. The molecule has 1 saturated heterocycles. The first kappa shape index (κ1) is 22.2. The maximum Gasteiger partial charge on any atom is 0.304 e. The van der Waals surface area contributed by atoms with Crippen molar-refractivity contribution >= 4 is 15.9 Å². The molecule has 10 heteroatoms. The molecule has 3 heterocycles. The van der Waals surface area contributed by atoms with Gasteiger partial charge in [0.05, 0.1) is 12.3 Å². The van der Waals surface area contributed by atoms with Crippen LogP contribution < -0.4 is 9.04 Å². The quantitative estimate of drug-likeness (QED) is 0.430. The molecule has 0 atom stereocenters. The van der Waals surface area contributed by atoms with E-state index in [0.29, 0.717) is 50.1 Å². The molecule has 0 aliphatic carbocycles. The van der Waals surface area contributed by atoms with E-state index in [-0.39, 0.29) is 0 Å². The van der Waals surface area contributed by atoms with Gasteiger partial charge in [-0.3, -0.25) is 9.29 Å². The van der Waals surface area contributed by atoms with Gasteiger partial charge >= 0.3 is 10.2 Å². The average Bonchev–Trinajstić information content (AvgIpc) is 3.41. The van der Waals surface area contributed by atoms with Gasteiger partial charge in [0.2, 0.25) is 11.7 Å². The molecule has 32 heavy (non-hydrogen) atoms. The second-order valence-corrected chi connectivity index (χ2v) is 9.34. The molecule has 1 aliphatic rings. The lowest BCUT2D eigenvalue weighted by molar-refractivity contribution is 0.302. The van der Waals surface area contributed by atoms with Crippen LogP contribution in [0.15, 0.2) is 53.3 Å². The summed E-state index contributed by atoms with van der Waals surface area (Å²) < 4.78 is 39.4. The Kier molecular flexibility index (Phi) is 7.01. The first-order valence-corrected chi connectivity index (χ1v) is 12.2. The fourth-order valence-corrected chi connectivity index (χ4v) is 5.20. The maximum absolute atomic E-state index is 12.7. The molecule has 0 amide bonds. The number of hydrogen-bond acceptors (Lipinski definition) is 7. The molecule has 9 nitrogen and oxygen atoms in total. The molecule has 0 spiro atoms. The van der Waals surface area contributed by atoms with Gasteiger partial charge in [0.25, 0.3) is 0 Å². The smallest absolute Gasteiger partial charge is 0.304 e. The summed E-state index contributed by atoms with van der Waals surface area (Å²) >= 11 is 0. The third kappa shape index (κ3) is 5.08. The first-order valence-electron chi connectivity index (χ1n) is 10.8. The van der Waals surface area contributed by atoms with E-state index in [1.165, 1.54) is 4.31 Å². The van der Waals surface area contributed by atoms with Gasteiger partial charge in [0.1, 0.15) is 5.75 Å². The maximum atomic E-state index is 12.7. The standard InChI is InChI=1S/C22H27N5O4S/c1-2-21-24-22(25-31-21)18-6-8-20(9-7-18)30-17-5-3-4-14-26-15-16-27(32(26,28)29)19-10-12-23-13-11-19/h6-13H,2-5,14-17H2,1H3. The number of hydrogen-bond donors (Lipinski definition) is 0. The number of nitrogens with zero attached hydrogens (tertiary/aromatic N) is 5. The van der Waals surface area contributed by atoms with E-state index in [1.54, 1.807) is 28.8 Å². The summed E-state index contributed by atoms with van der Waals surface area (Å²) in [6.07, 6.45) is 6.46. The van der Waals surface area contributed by atoms with Gasteiger partial charge in [0, 0.05) is 44.0 Å². The number of aryl methyl sites for hydroxylation is 1. The predicted octanol–water partition coefficient (Wildman–Crippen LogP) is 3.31. The van der Waals surface area contributed by atoms with Crippen LogP contribution in [0, 0.1) is 0 Å². The summed E-state index contributed by atoms with van der Waals surface area (Å²) in [6.45, 7) is 4.04. The van der Waals surface area contributed by atoms with Crippen LogP contribution in [-0.4, -0.2) is 54.1 Å². The fourth-order valence-electron chi connectivity index (χ4n) is 3.55. The van der Waals surface area contributed by atoms with Crippen molar-refractivity contribution in [3.63, 3.8) is 0 Å². The minimum atomic E-state index is -3.45. The van der Waals surface area contributed by atoms with Crippen molar-refractivity contribution in [2.45, 2.75) is 32.6 Å². The zero-order chi connectivity index (χ0) is 22.4. The van der Waals surface area contributed by atoms with E-state index in [0.717, 1.165) is 30.6 Å². The molecule has 1 aliphatic heterocycles. The second-order valence-electron chi connectivity index (χ2n) is 7.48. The van der Waals surface area contributed by atoms with Gasteiger partial charge in [-0.05, 0) is 55.7 Å². The number of rotatable bonds is 10. The molecule has 170 valence electrons. The Morgan fingerprint density at radius 1 is 1.03 bits per heavy atom. The summed E-state index contributed by atoms with van der Waals surface area (Å²) in [7, 11) is -3.45. The Labute approximate surface area is 188 Å². The van der Waals surface area contributed by atoms with Gasteiger partial charge in [-0.25, -0.2) is 0 Å². The van der Waals surface area contributed by atoms with Crippen molar-refractivity contribution in [2.24, 2.45) is 0 Å². The highest BCUT2D eigenvalue weighted by atomic mass is 32.2. The summed E-state index contributed by atoms with van der Waals surface area (Å²) in [4.78, 5) is 8.27. The Morgan fingerprint density at radius 3 is 2.53 bits per heavy atom. The highest BCUT2D eigenvalue weighted by molar-refractivity contribution is 7.90. The fraction of sp³-hybridized carbons (Fsp3) is 0.409. The van der Waals surface area contributed by atoms with E-state index >= 15 is 0 Å². The largest absolute Gasteiger partial charge is 0.494 e. The highest BCUT2D eigenvalue weighted by Crippen LogP contribution is 2.25. The van der Waals surface area contributed by atoms with Crippen molar-refractivity contribution in [2.75, 3.05) is 30.5 Å². The molecule has 0 unspecified atom stereocenters. The zero-order valence-corrected chi connectivity index (χ0v) is 18.9. The summed E-state index contributed by atoms with van der Waals surface area (Å²) in [5, 5.41) is 3.97. The van der Waals surface area contributed by atoms with Gasteiger partial charge in [0.15, 0.2) is 0 Å². The number of benzene rings is 1. The second kappa shape index (κ2) is 10.1. The average molecular weight is 458 g/mol. The minimum Gasteiger partial charge on any atom is -0.494 e. The predicted molar refractivity (Wildman–Crippen MR) is 121 cm³/mol. The van der Waals surface area contributed by atoms with Crippen LogP contribution in [0.4, 0.5) is 5.69 Å². The molecular weight excluding hydrogens is 430 g/mol. The minimum absolute atomic E-state index is 0.467. The Hall–Kier alpha value is -2.98. The van der Waals surface area contributed by atoms with Crippen molar-refractivity contribution in [3.8, 4) is 17.1 Å². The van der Waals surface area contributed by atoms with E-state index in [4.69, 9.17) is 9.26 Å². The lowest BCUT2D eigenvalue weighted by atomic mass is 10.2. The van der Waals surface area contributed by atoms with Crippen LogP contribution in [0.25, 0.3) is 11.4 Å². The highest BCUT2D eigenvalue weighted by Gasteiger charge is 2.36. The van der Waals surface area contributed by atoms with Gasteiger partial charge < -0.3 is 9.26 Å². The van der Waals surface area contributed by atoms with Crippen LogP contribution in [0.5, 0.6) is 5.75 Å². The molecule has 0 radical (unpaired) electrons. The molecule has 0 saturated carbocycles. The molecular formula is C22H27N5O4S. The number of aromatic nitrogens is 3. The van der Waals surface area contributed by atoms with Crippen LogP contribution in [-0.2, 0) is 16.6 Å². The van der Waals surface area contributed by atoms with Crippen molar-refractivity contribution < 1.29 is 17.7 Å². The third-order valence-corrected chi connectivity index (χ3v) is 7.28. The van der Waals surface area contributed by atoms with E-state index in [2.05, 4.69) is 15.1 Å². The molecule has 1 aromatic carbocycles. The van der Waals surface area contributed by atoms with E-state index in [9.17, 15) is 8.42 Å². The normalized spacial score (nSPS) is 15.8. The molecule has 3 aromatic rings. The molecule has 0 bridgehead atoms. The Morgan fingerprint density at radius 2 is 1.81 bits per heavy atom. The van der Waals surface area contributed by atoms with Crippen LogP contribution in [0.3, 0.4) is 0 Å². The van der Waals surface area contributed by atoms with Crippen molar-refractivity contribution in [3.05, 3.63) is 54.7 Å². The Bertz CT molecular complexity index is 1100. The number of anilines is 1. The molecule has 0 N–H and O–H groups in total. The summed E-state index contributed by atoms with van der Waals surface area (Å²) in [6, 6.07) is 11.0. The van der Waals surface area contributed by atoms with Crippen LogP contribution in [0.1, 0.15) is 32.1 Å². The topological polar surface area (TPSA) is 102 Å². The Balaban J connectivity index is 1.17. The molecule has 1 fully saturated rings. The number of unbranched alkanes of at least 4 members (excludes halogenated alkanes) is 2. The van der Waals surface area contributed by atoms with Crippen molar-refractivity contribution in [1.82, 2.24) is 19.4 Å². The SMILES string of the molecule is CCc1nc(-c2ccc(OCCCCCN3CCN(c4ccncc4)S3(=O)=O)cc2)no1. The lowest BCUT2D eigenvalue weighted by Crippen LogP contribution is -2.33. The molecule has 4 rings (SSSR count). The summed E-state index contributed by atoms with van der Waals surface area (Å²) in [5.41, 5.74) is 1.54. The van der Waals surface area contributed by atoms with E-state index < -0.39 is 10.2 Å². The van der Waals surface area contributed by atoms with Gasteiger partial charge in [-0.15, -0.1) is 0 Å². The van der Waals surface area contributed by atoms with Crippen LogP contribution >= 0.6 is 0 Å². The monoisotopic (exact) mass is 457 g/mol. The summed E-state index contributed by atoms with van der Waals surface area (Å²) in [5.74, 6) is 1.97. The number of pyridine rings is 1. The van der Waals surface area contributed by atoms with Gasteiger partial charge in [-0.1, -0.05) is 12.1 Å². The molecule has 2 aromatic heterocycles. The van der Waals surface area contributed by atoms with E-state index in [1.807, 2.05) is 31.2 Å². The first-order chi connectivity index (χ1) is 15.6. The van der Waals surface area contributed by atoms with Gasteiger partial charge in [-0.2, -0.15) is 17.7 Å². The number of ether oxygens (including phenoxy) is 1. The van der Waals surface area contributed by atoms with Crippen molar-refractivity contribution in [1.29, 1.82) is 0 Å². The zero-order valence-electron chi connectivity index (χ0n) is 18.1. The lowest BCUT2D eigenvalue weighted by Gasteiger charge is -2.19.